The zero-order valence-corrected chi connectivity index (χ0v) is 12.4. The molecule has 0 atom stereocenters. The second kappa shape index (κ2) is 5.44. The number of rotatable bonds is 5. The highest BCUT2D eigenvalue weighted by atomic mass is 35.5. The molecule has 4 nitrogen and oxygen atoms in total. The van der Waals surface area contributed by atoms with Gasteiger partial charge in [0, 0.05) is 11.1 Å². The van der Waals surface area contributed by atoms with Gasteiger partial charge in [0.2, 0.25) is 0 Å². The van der Waals surface area contributed by atoms with Gasteiger partial charge in [0.15, 0.2) is 5.82 Å². The molecule has 0 unspecified atom stereocenters. The van der Waals surface area contributed by atoms with Crippen molar-refractivity contribution in [3.05, 3.63) is 29.1 Å². The van der Waals surface area contributed by atoms with Crippen molar-refractivity contribution < 1.29 is 9.26 Å². The lowest BCUT2D eigenvalue weighted by Gasteiger charge is -2.13. The molecule has 1 heterocycles. The number of nitrogens with zero attached hydrogens (tertiary/aromatic N) is 2. The first-order chi connectivity index (χ1) is 9.72. The molecule has 0 radical (unpaired) electrons. The van der Waals surface area contributed by atoms with Crippen LogP contribution in [0.25, 0.3) is 11.5 Å². The Hall–Kier alpha value is -1.55. The number of aryl methyl sites for hydroxylation is 1. The van der Waals surface area contributed by atoms with Crippen molar-refractivity contribution in [1.82, 2.24) is 10.1 Å². The van der Waals surface area contributed by atoms with Crippen LogP contribution in [0.4, 0.5) is 0 Å². The molecule has 1 fully saturated rings. The van der Waals surface area contributed by atoms with Gasteiger partial charge in [-0.25, -0.2) is 0 Å². The number of hydrogen-bond acceptors (Lipinski definition) is 4. The van der Waals surface area contributed by atoms with E-state index in [0.717, 1.165) is 16.9 Å². The van der Waals surface area contributed by atoms with E-state index in [1.165, 1.54) is 18.4 Å². The molecule has 1 aromatic heterocycles. The zero-order valence-electron chi connectivity index (χ0n) is 11.6. The van der Waals surface area contributed by atoms with E-state index >= 15 is 0 Å². The van der Waals surface area contributed by atoms with Crippen LogP contribution in [0.2, 0.25) is 0 Å². The summed E-state index contributed by atoms with van der Waals surface area (Å²) in [7, 11) is 0. The van der Waals surface area contributed by atoms with E-state index in [1.54, 1.807) is 0 Å². The maximum Gasteiger partial charge on any atom is 0.258 e. The molecule has 3 rings (SSSR count). The van der Waals surface area contributed by atoms with E-state index in [4.69, 9.17) is 20.9 Å². The fourth-order valence-corrected chi connectivity index (χ4v) is 2.57. The summed E-state index contributed by atoms with van der Waals surface area (Å²) < 4.78 is 11.0. The highest BCUT2D eigenvalue weighted by molar-refractivity contribution is 6.17. The molecule has 106 valence electrons. The van der Waals surface area contributed by atoms with Crippen molar-refractivity contribution in [3.63, 3.8) is 0 Å². The Morgan fingerprint density at radius 1 is 1.40 bits per heavy atom. The third kappa shape index (κ3) is 2.52. The minimum absolute atomic E-state index is 0.443. The van der Waals surface area contributed by atoms with Gasteiger partial charge in [0.25, 0.3) is 5.89 Å². The predicted octanol–water partition coefficient (Wildman–Crippen LogP) is 4.06. The Morgan fingerprint density at radius 2 is 2.20 bits per heavy atom. The summed E-state index contributed by atoms with van der Waals surface area (Å²) in [5.41, 5.74) is 3.24. The monoisotopic (exact) mass is 292 g/mol. The van der Waals surface area contributed by atoms with E-state index in [0.29, 0.717) is 30.1 Å². The summed E-state index contributed by atoms with van der Waals surface area (Å²) >= 11 is 6.04. The molecule has 0 spiro atoms. The molecule has 0 bridgehead atoms. The van der Waals surface area contributed by atoms with Crippen LogP contribution in [-0.2, 0) is 5.88 Å². The average Bonchev–Trinajstić information content (AvgIpc) is 3.20. The van der Waals surface area contributed by atoms with Gasteiger partial charge in [-0.3, -0.25) is 0 Å². The number of benzene rings is 1. The molecule has 0 amide bonds. The minimum Gasteiger partial charge on any atom is -0.494 e. The topological polar surface area (TPSA) is 48.2 Å². The smallest absolute Gasteiger partial charge is 0.258 e. The maximum atomic E-state index is 6.04. The molecule has 1 aliphatic rings. The molecule has 2 aromatic rings. The summed E-state index contributed by atoms with van der Waals surface area (Å²) in [6, 6.07) is 4.12. The van der Waals surface area contributed by atoms with Crippen LogP contribution in [0.1, 0.15) is 42.6 Å². The van der Waals surface area contributed by atoms with Gasteiger partial charge < -0.3 is 9.26 Å². The van der Waals surface area contributed by atoms with Gasteiger partial charge >= 0.3 is 0 Å². The normalized spacial score (nSPS) is 14.6. The second-order valence-corrected chi connectivity index (χ2v) is 5.30. The maximum absolute atomic E-state index is 6.04. The molecular formula is C15H17ClN2O2. The van der Waals surface area contributed by atoms with Gasteiger partial charge in [-0.05, 0) is 50.3 Å². The first kappa shape index (κ1) is 13.4. The Balaban J connectivity index is 2.12. The number of alkyl halides is 1. The van der Waals surface area contributed by atoms with Gasteiger partial charge in [-0.1, -0.05) is 5.16 Å². The van der Waals surface area contributed by atoms with E-state index in [-0.39, 0.29) is 0 Å². The second-order valence-electron chi connectivity index (χ2n) is 5.03. The lowest BCUT2D eigenvalue weighted by molar-refractivity contribution is 0.337. The van der Waals surface area contributed by atoms with Gasteiger partial charge in [-0.15, -0.1) is 11.6 Å². The number of aromatic nitrogens is 2. The Kier molecular flexibility index (Phi) is 3.66. The zero-order chi connectivity index (χ0) is 14.1. The predicted molar refractivity (Wildman–Crippen MR) is 77.2 cm³/mol. The summed E-state index contributed by atoms with van der Waals surface area (Å²) in [5, 5.41) is 3.88. The van der Waals surface area contributed by atoms with E-state index in [1.807, 2.05) is 19.9 Å². The summed E-state index contributed by atoms with van der Waals surface area (Å²) in [5.74, 6) is 3.03. The molecule has 0 aliphatic heterocycles. The third-order valence-corrected chi connectivity index (χ3v) is 3.74. The van der Waals surface area contributed by atoms with E-state index in [2.05, 4.69) is 16.2 Å². The first-order valence-corrected chi connectivity index (χ1v) is 7.42. The number of hydrogen-bond donors (Lipinski definition) is 0. The summed E-state index contributed by atoms with van der Waals surface area (Å²) in [4.78, 5) is 4.34. The van der Waals surface area contributed by atoms with E-state index in [9.17, 15) is 0 Å². The van der Waals surface area contributed by atoms with Crippen molar-refractivity contribution in [2.45, 2.75) is 38.5 Å². The Bertz CT molecular complexity index is 620. The van der Waals surface area contributed by atoms with Crippen LogP contribution >= 0.6 is 11.6 Å². The first-order valence-electron chi connectivity index (χ1n) is 6.89. The molecule has 1 aliphatic carbocycles. The van der Waals surface area contributed by atoms with Crippen LogP contribution in [0.15, 0.2) is 16.7 Å². The van der Waals surface area contributed by atoms with Crippen LogP contribution in [0.5, 0.6) is 5.75 Å². The lowest BCUT2D eigenvalue weighted by Crippen LogP contribution is -1.99. The van der Waals surface area contributed by atoms with Crippen LogP contribution in [-0.4, -0.2) is 16.7 Å². The van der Waals surface area contributed by atoms with Crippen LogP contribution in [0.3, 0.4) is 0 Å². The average molecular weight is 293 g/mol. The lowest BCUT2D eigenvalue weighted by atomic mass is 9.99. The highest BCUT2D eigenvalue weighted by Gasteiger charge is 2.29. The standard InChI is InChI=1S/C15H17ClN2O2/c1-3-19-14-7-13(15-17-9(2)18-20-15)12(10-4-5-10)6-11(14)8-16/h6-7,10H,3-5,8H2,1-2H3. The Labute approximate surface area is 123 Å². The van der Waals surface area contributed by atoms with Crippen LogP contribution < -0.4 is 4.74 Å². The van der Waals surface area contributed by atoms with Crippen molar-refractivity contribution in [2.24, 2.45) is 0 Å². The van der Waals surface area contributed by atoms with E-state index < -0.39 is 0 Å². The fourth-order valence-electron chi connectivity index (χ4n) is 2.36. The van der Waals surface area contributed by atoms with Crippen molar-refractivity contribution in [3.8, 4) is 17.2 Å². The summed E-state index contributed by atoms with van der Waals surface area (Å²) in [6.07, 6.45) is 2.41. The molecular weight excluding hydrogens is 276 g/mol. The SMILES string of the molecule is CCOc1cc(-c2nc(C)no2)c(C2CC2)cc1CCl. The van der Waals surface area contributed by atoms with Gasteiger partial charge in [-0.2, -0.15) is 4.98 Å². The van der Waals surface area contributed by atoms with Gasteiger partial charge in [0.05, 0.1) is 12.5 Å². The molecule has 1 aromatic carbocycles. The van der Waals surface area contributed by atoms with Crippen molar-refractivity contribution in [2.75, 3.05) is 6.61 Å². The molecule has 1 saturated carbocycles. The Morgan fingerprint density at radius 3 is 2.75 bits per heavy atom. The largest absolute Gasteiger partial charge is 0.494 e. The number of halogens is 1. The van der Waals surface area contributed by atoms with Crippen molar-refractivity contribution >= 4 is 11.6 Å². The molecule has 20 heavy (non-hydrogen) atoms. The molecule has 0 saturated heterocycles. The highest BCUT2D eigenvalue weighted by Crippen LogP contribution is 2.46. The minimum atomic E-state index is 0.443. The summed E-state index contributed by atoms with van der Waals surface area (Å²) in [6.45, 7) is 4.39. The fraction of sp³-hybridized carbons (Fsp3) is 0.467. The number of ether oxygens (including phenoxy) is 1. The van der Waals surface area contributed by atoms with Gasteiger partial charge in [0.1, 0.15) is 5.75 Å². The van der Waals surface area contributed by atoms with Crippen LogP contribution in [0, 0.1) is 6.92 Å². The third-order valence-electron chi connectivity index (χ3n) is 3.45. The molecule has 0 N–H and O–H groups in total. The quantitative estimate of drug-likeness (QED) is 0.780. The molecule has 5 heteroatoms. The van der Waals surface area contributed by atoms with Crippen molar-refractivity contribution in [1.29, 1.82) is 0 Å².